The Labute approximate surface area is 118 Å². The van der Waals surface area contributed by atoms with Gasteiger partial charge in [-0.25, -0.2) is 0 Å². The van der Waals surface area contributed by atoms with E-state index in [0.717, 1.165) is 18.4 Å². The smallest absolute Gasteiger partial charge is 0.252 e. The highest BCUT2D eigenvalue weighted by atomic mass is 35.5. The van der Waals surface area contributed by atoms with Crippen LogP contribution < -0.4 is 16.2 Å². The molecule has 1 aromatic carbocycles. The van der Waals surface area contributed by atoms with Gasteiger partial charge in [-0.3, -0.25) is 4.79 Å². The second-order valence-corrected chi connectivity index (χ2v) is 4.58. The van der Waals surface area contributed by atoms with Crippen molar-refractivity contribution in [3.8, 4) is 5.75 Å². The number of nitrogen functional groups attached to an aromatic ring is 1. The summed E-state index contributed by atoms with van der Waals surface area (Å²) in [6.07, 6.45) is 4.20. The molecule has 0 aliphatic heterocycles. The van der Waals surface area contributed by atoms with Crippen LogP contribution >= 0.6 is 11.6 Å². The van der Waals surface area contributed by atoms with E-state index < -0.39 is 5.91 Å². The molecule has 0 atom stereocenters. The van der Waals surface area contributed by atoms with E-state index in [0.29, 0.717) is 22.9 Å². The monoisotopic (exact) mass is 282 g/mol. The average molecular weight is 283 g/mol. The van der Waals surface area contributed by atoms with Crippen molar-refractivity contribution in [2.24, 2.45) is 5.73 Å². The van der Waals surface area contributed by atoms with Crippen molar-refractivity contribution in [3.63, 3.8) is 0 Å². The number of carbonyl (C=O) groups excluding carboxylic acids is 1. The minimum Gasteiger partial charge on any atom is -0.488 e. The summed E-state index contributed by atoms with van der Waals surface area (Å²) in [5.41, 5.74) is 12.5. The summed E-state index contributed by atoms with van der Waals surface area (Å²) >= 11 is 6.21. The van der Waals surface area contributed by atoms with Gasteiger partial charge in [0.15, 0.2) is 0 Å². The number of anilines is 1. The summed E-state index contributed by atoms with van der Waals surface area (Å²) in [5.74, 6) is -0.166. The fourth-order valence-corrected chi connectivity index (χ4v) is 2.02. The fourth-order valence-electron chi connectivity index (χ4n) is 1.79. The van der Waals surface area contributed by atoms with Gasteiger partial charge in [0.25, 0.3) is 5.91 Å². The highest BCUT2D eigenvalue weighted by molar-refractivity contribution is 6.34. The highest BCUT2D eigenvalue weighted by Crippen LogP contribution is 2.36. The number of primary amides is 1. The van der Waals surface area contributed by atoms with Crippen LogP contribution in [0, 0.1) is 0 Å². The first kappa shape index (κ1) is 15.4. The Bertz CT molecular complexity index is 487. The topological polar surface area (TPSA) is 78.3 Å². The SMILES string of the molecule is C=CCOc1c(C(N)=O)cc(N)c(Cl)c1CCCC. The Hall–Kier alpha value is -1.68. The number of hydrogen-bond donors (Lipinski definition) is 2. The molecule has 1 aromatic rings. The molecular weight excluding hydrogens is 264 g/mol. The molecule has 4 N–H and O–H groups in total. The van der Waals surface area contributed by atoms with Crippen molar-refractivity contribution in [1.29, 1.82) is 0 Å². The molecule has 0 aliphatic rings. The largest absolute Gasteiger partial charge is 0.488 e. The Kier molecular flexibility index (Phi) is 5.70. The number of carbonyl (C=O) groups is 1. The van der Waals surface area contributed by atoms with Gasteiger partial charge in [-0.05, 0) is 18.9 Å². The molecule has 0 heterocycles. The molecule has 104 valence electrons. The van der Waals surface area contributed by atoms with Crippen molar-refractivity contribution < 1.29 is 9.53 Å². The van der Waals surface area contributed by atoms with E-state index in [9.17, 15) is 4.79 Å². The van der Waals surface area contributed by atoms with E-state index >= 15 is 0 Å². The first-order valence-corrected chi connectivity index (χ1v) is 6.55. The molecule has 5 heteroatoms. The maximum absolute atomic E-state index is 11.5. The summed E-state index contributed by atoms with van der Waals surface area (Å²) in [6, 6.07) is 1.46. The van der Waals surface area contributed by atoms with E-state index in [1.165, 1.54) is 6.07 Å². The van der Waals surface area contributed by atoms with E-state index in [1.807, 2.05) is 0 Å². The van der Waals surface area contributed by atoms with Crippen LogP contribution in [0.15, 0.2) is 18.7 Å². The van der Waals surface area contributed by atoms with Crippen LogP contribution in [0.3, 0.4) is 0 Å². The van der Waals surface area contributed by atoms with E-state index in [2.05, 4.69) is 13.5 Å². The molecule has 0 fully saturated rings. The first-order valence-electron chi connectivity index (χ1n) is 6.17. The van der Waals surface area contributed by atoms with E-state index in [-0.39, 0.29) is 12.2 Å². The fraction of sp³-hybridized carbons (Fsp3) is 0.357. The number of benzene rings is 1. The molecule has 0 saturated carbocycles. The van der Waals surface area contributed by atoms with Crippen LogP contribution in [-0.2, 0) is 6.42 Å². The lowest BCUT2D eigenvalue weighted by molar-refractivity contribution is 0.0996. The van der Waals surface area contributed by atoms with Crippen molar-refractivity contribution >= 4 is 23.2 Å². The Morgan fingerprint density at radius 1 is 1.58 bits per heavy atom. The first-order chi connectivity index (χ1) is 9.02. The highest BCUT2D eigenvalue weighted by Gasteiger charge is 2.19. The summed E-state index contributed by atoms with van der Waals surface area (Å²) < 4.78 is 5.55. The zero-order valence-corrected chi connectivity index (χ0v) is 11.8. The van der Waals surface area contributed by atoms with Gasteiger partial charge in [-0.2, -0.15) is 0 Å². The van der Waals surface area contributed by atoms with Gasteiger partial charge >= 0.3 is 0 Å². The third kappa shape index (κ3) is 3.64. The second kappa shape index (κ2) is 7.04. The van der Waals surface area contributed by atoms with Crippen molar-refractivity contribution in [3.05, 3.63) is 34.9 Å². The Morgan fingerprint density at radius 2 is 2.26 bits per heavy atom. The second-order valence-electron chi connectivity index (χ2n) is 4.20. The van der Waals surface area contributed by atoms with Crippen LogP contribution in [0.4, 0.5) is 5.69 Å². The summed E-state index contributed by atoms with van der Waals surface area (Å²) in [5, 5.41) is 0.428. The average Bonchev–Trinajstić information content (AvgIpc) is 2.38. The number of ether oxygens (including phenoxy) is 1. The minimum absolute atomic E-state index is 0.259. The lowest BCUT2D eigenvalue weighted by Crippen LogP contribution is -2.15. The molecule has 1 amide bonds. The maximum Gasteiger partial charge on any atom is 0.252 e. The molecule has 4 nitrogen and oxygen atoms in total. The zero-order chi connectivity index (χ0) is 14.4. The van der Waals surface area contributed by atoms with Crippen LogP contribution in [0.1, 0.15) is 35.7 Å². The van der Waals surface area contributed by atoms with Gasteiger partial charge in [0.1, 0.15) is 12.4 Å². The van der Waals surface area contributed by atoms with E-state index in [4.69, 9.17) is 27.8 Å². The molecule has 1 rings (SSSR count). The minimum atomic E-state index is -0.583. The van der Waals surface area contributed by atoms with Gasteiger partial charge < -0.3 is 16.2 Å². The molecule has 0 saturated heterocycles. The predicted molar refractivity (Wildman–Crippen MR) is 78.7 cm³/mol. The number of halogens is 1. The van der Waals surface area contributed by atoms with Crippen LogP contribution in [0.25, 0.3) is 0 Å². The standard InChI is InChI=1S/C14H19ClN2O2/c1-3-5-6-9-12(15)11(16)8-10(14(17)18)13(9)19-7-4-2/h4,8H,2-3,5-7,16H2,1H3,(H2,17,18). The summed E-state index contributed by atoms with van der Waals surface area (Å²) in [7, 11) is 0. The predicted octanol–water partition coefficient (Wildman–Crippen LogP) is 2.93. The quantitative estimate of drug-likeness (QED) is 0.596. The normalized spacial score (nSPS) is 10.2. The number of nitrogens with two attached hydrogens (primary N) is 2. The molecular formula is C14H19ClN2O2. The van der Waals surface area contributed by atoms with Gasteiger partial charge in [0.2, 0.25) is 0 Å². The number of hydrogen-bond acceptors (Lipinski definition) is 3. The molecule has 19 heavy (non-hydrogen) atoms. The van der Waals surface area contributed by atoms with E-state index in [1.54, 1.807) is 6.08 Å². The van der Waals surface area contributed by atoms with Crippen LogP contribution in [0.2, 0.25) is 5.02 Å². The Balaban J connectivity index is 3.35. The van der Waals surface area contributed by atoms with Gasteiger partial charge in [-0.15, -0.1) is 0 Å². The van der Waals surface area contributed by atoms with Gasteiger partial charge in [-0.1, -0.05) is 37.6 Å². The number of amides is 1. The number of rotatable bonds is 7. The molecule has 0 aromatic heterocycles. The molecule has 0 bridgehead atoms. The summed E-state index contributed by atoms with van der Waals surface area (Å²) in [6.45, 7) is 5.93. The lowest BCUT2D eigenvalue weighted by atomic mass is 10.0. The summed E-state index contributed by atoms with van der Waals surface area (Å²) in [4.78, 5) is 11.5. The third-order valence-electron chi connectivity index (χ3n) is 2.73. The van der Waals surface area contributed by atoms with Crippen LogP contribution in [-0.4, -0.2) is 12.5 Å². The van der Waals surface area contributed by atoms with Crippen molar-refractivity contribution in [2.75, 3.05) is 12.3 Å². The molecule has 0 aliphatic carbocycles. The van der Waals surface area contributed by atoms with Gasteiger partial charge in [0, 0.05) is 5.56 Å². The molecule has 0 unspecified atom stereocenters. The van der Waals surface area contributed by atoms with Gasteiger partial charge in [0.05, 0.1) is 16.3 Å². The number of unbranched alkanes of at least 4 members (excludes halogenated alkanes) is 1. The molecule has 0 radical (unpaired) electrons. The zero-order valence-electron chi connectivity index (χ0n) is 11.0. The lowest BCUT2D eigenvalue weighted by Gasteiger charge is -2.16. The maximum atomic E-state index is 11.5. The molecule has 0 spiro atoms. The third-order valence-corrected chi connectivity index (χ3v) is 3.17. The van der Waals surface area contributed by atoms with Crippen molar-refractivity contribution in [1.82, 2.24) is 0 Å². The van der Waals surface area contributed by atoms with Crippen molar-refractivity contribution in [2.45, 2.75) is 26.2 Å². The van der Waals surface area contributed by atoms with Crippen LogP contribution in [0.5, 0.6) is 5.75 Å². The Morgan fingerprint density at radius 3 is 2.79 bits per heavy atom.